The molecule has 0 aliphatic carbocycles. The van der Waals surface area contributed by atoms with E-state index in [2.05, 4.69) is 22.2 Å². The SMILES string of the molecule is c1cc(OCc2ccon2)cc(N2CCCC2)c1. The van der Waals surface area contributed by atoms with Gasteiger partial charge in [-0.15, -0.1) is 0 Å². The highest BCUT2D eigenvalue weighted by Crippen LogP contribution is 2.24. The summed E-state index contributed by atoms with van der Waals surface area (Å²) in [6.07, 6.45) is 4.12. The van der Waals surface area contributed by atoms with Crippen molar-refractivity contribution in [1.82, 2.24) is 5.16 Å². The molecule has 94 valence electrons. The highest BCUT2D eigenvalue weighted by Gasteiger charge is 2.12. The third-order valence-electron chi connectivity index (χ3n) is 3.17. The number of rotatable bonds is 4. The van der Waals surface area contributed by atoms with Crippen LogP contribution < -0.4 is 9.64 Å². The fraction of sp³-hybridized carbons (Fsp3) is 0.357. The molecular weight excluding hydrogens is 228 g/mol. The van der Waals surface area contributed by atoms with Gasteiger partial charge in [-0.05, 0) is 25.0 Å². The minimum atomic E-state index is 0.444. The summed E-state index contributed by atoms with van der Waals surface area (Å²) in [5.74, 6) is 0.877. The van der Waals surface area contributed by atoms with Gasteiger partial charge in [0.2, 0.25) is 0 Å². The molecule has 1 aliphatic heterocycles. The molecule has 1 aromatic carbocycles. The fourth-order valence-corrected chi connectivity index (χ4v) is 2.21. The molecule has 2 heterocycles. The highest BCUT2D eigenvalue weighted by atomic mass is 16.5. The van der Waals surface area contributed by atoms with E-state index in [1.54, 1.807) is 6.26 Å². The summed E-state index contributed by atoms with van der Waals surface area (Å²) in [4.78, 5) is 2.39. The van der Waals surface area contributed by atoms with E-state index in [4.69, 9.17) is 9.26 Å². The van der Waals surface area contributed by atoms with Crippen LogP contribution in [0.1, 0.15) is 18.5 Å². The molecule has 2 aromatic rings. The third-order valence-corrected chi connectivity index (χ3v) is 3.17. The van der Waals surface area contributed by atoms with Gasteiger partial charge in [0, 0.05) is 30.9 Å². The van der Waals surface area contributed by atoms with Gasteiger partial charge < -0.3 is 14.2 Å². The molecule has 1 aromatic heterocycles. The first kappa shape index (κ1) is 11.1. The topological polar surface area (TPSA) is 38.5 Å². The average molecular weight is 244 g/mol. The van der Waals surface area contributed by atoms with Crippen LogP contribution in [0, 0.1) is 0 Å². The largest absolute Gasteiger partial charge is 0.487 e. The second-order valence-electron chi connectivity index (χ2n) is 4.47. The monoisotopic (exact) mass is 244 g/mol. The van der Waals surface area contributed by atoms with Crippen LogP contribution in [0.15, 0.2) is 41.1 Å². The van der Waals surface area contributed by atoms with E-state index >= 15 is 0 Å². The maximum Gasteiger partial charge on any atom is 0.134 e. The molecule has 0 spiro atoms. The van der Waals surface area contributed by atoms with Crippen molar-refractivity contribution < 1.29 is 9.26 Å². The zero-order valence-corrected chi connectivity index (χ0v) is 10.2. The van der Waals surface area contributed by atoms with Crippen LogP contribution in [0.5, 0.6) is 5.75 Å². The normalized spacial score (nSPS) is 15.0. The Morgan fingerprint density at radius 1 is 1.22 bits per heavy atom. The molecule has 0 N–H and O–H groups in total. The van der Waals surface area contributed by atoms with Gasteiger partial charge >= 0.3 is 0 Å². The first-order valence-electron chi connectivity index (χ1n) is 6.29. The van der Waals surface area contributed by atoms with Gasteiger partial charge in [0.05, 0.1) is 0 Å². The Balaban J connectivity index is 1.66. The predicted octanol–water partition coefficient (Wildman–Crippen LogP) is 2.85. The van der Waals surface area contributed by atoms with Crippen LogP contribution >= 0.6 is 0 Å². The molecule has 1 fully saturated rings. The summed E-state index contributed by atoms with van der Waals surface area (Å²) in [7, 11) is 0. The van der Waals surface area contributed by atoms with Gasteiger partial charge in [-0.2, -0.15) is 0 Å². The summed E-state index contributed by atoms with van der Waals surface area (Å²) in [5.41, 5.74) is 2.05. The van der Waals surface area contributed by atoms with E-state index in [-0.39, 0.29) is 0 Å². The standard InChI is InChI=1S/C14H16N2O2/c1-2-8-16(7-1)13-4-3-5-14(10-13)17-11-12-6-9-18-15-12/h3-6,9-10H,1-2,7-8,11H2. The number of ether oxygens (including phenoxy) is 1. The van der Waals surface area contributed by atoms with Crippen molar-refractivity contribution in [3.05, 3.63) is 42.3 Å². The Morgan fingerprint density at radius 2 is 2.11 bits per heavy atom. The summed E-state index contributed by atoms with van der Waals surface area (Å²) in [5, 5.41) is 3.82. The molecule has 0 atom stereocenters. The number of aromatic nitrogens is 1. The maximum absolute atomic E-state index is 5.70. The Kier molecular flexibility index (Phi) is 3.17. The van der Waals surface area contributed by atoms with Crippen LogP contribution in [0.4, 0.5) is 5.69 Å². The lowest BCUT2D eigenvalue weighted by molar-refractivity contribution is 0.289. The number of anilines is 1. The second-order valence-corrected chi connectivity index (χ2v) is 4.47. The molecule has 0 saturated carbocycles. The van der Waals surface area contributed by atoms with E-state index in [0.29, 0.717) is 6.61 Å². The molecule has 0 bridgehead atoms. The van der Waals surface area contributed by atoms with E-state index in [1.807, 2.05) is 18.2 Å². The third kappa shape index (κ3) is 2.47. The number of hydrogen-bond donors (Lipinski definition) is 0. The predicted molar refractivity (Wildman–Crippen MR) is 68.7 cm³/mol. The highest BCUT2D eigenvalue weighted by molar-refractivity contribution is 5.51. The Labute approximate surface area is 106 Å². The molecule has 4 nitrogen and oxygen atoms in total. The fourth-order valence-electron chi connectivity index (χ4n) is 2.21. The van der Waals surface area contributed by atoms with Gasteiger partial charge in [0.25, 0.3) is 0 Å². The molecule has 0 radical (unpaired) electrons. The van der Waals surface area contributed by atoms with Crippen molar-refractivity contribution >= 4 is 5.69 Å². The molecule has 3 rings (SSSR count). The zero-order chi connectivity index (χ0) is 12.2. The number of hydrogen-bond acceptors (Lipinski definition) is 4. The molecule has 18 heavy (non-hydrogen) atoms. The summed E-state index contributed by atoms with van der Waals surface area (Å²) in [6.45, 7) is 2.74. The first-order valence-corrected chi connectivity index (χ1v) is 6.29. The minimum Gasteiger partial charge on any atom is -0.487 e. The van der Waals surface area contributed by atoms with Gasteiger partial charge in [0.15, 0.2) is 0 Å². The van der Waals surface area contributed by atoms with Crippen LogP contribution in [0.2, 0.25) is 0 Å². The second kappa shape index (κ2) is 5.12. The molecule has 0 unspecified atom stereocenters. The average Bonchev–Trinajstić information content (AvgIpc) is 3.10. The quantitative estimate of drug-likeness (QED) is 0.829. The lowest BCUT2D eigenvalue weighted by Gasteiger charge is -2.18. The Morgan fingerprint density at radius 3 is 2.89 bits per heavy atom. The van der Waals surface area contributed by atoms with Crippen molar-refractivity contribution in [2.75, 3.05) is 18.0 Å². The molecule has 0 amide bonds. The molecule has 1 aliphatic rings. The number of nitrogens with zero attached hydrogens (tertiary/aromatic N) is 2. The van der Waals surface area contributed by atoms with Crippen molar-refractivity contribution in [2.45, 2.75) is 19.4 Å². The number of benzene rings is 1. The van der Waals surface area contributed by atoms with E-state index in [1.165, 1.54) is 18.5 Å². The van der Waals surface area contributed by atoms with Crippen molar-refractivity contribution in [3.63, 3.8) is 0 Å². The maximum atomic E-state index is 5.70. The van der Waals surface area contributed by atoms with Crippen LogP contribution in [-0.4, -0.2) is 18.2 Å². The summed E-state index contributed by atoms with van der Waals surface area (Å²) in [6, 6.07) is 10.0. The Hall–Kier alpha value is -1.97. The van der Waals surface area contributed by atoms with Crippen LogP contribution in [0.3, 0.4) is 0 Å². The van der Waals surface area contributed by atoms with Gasteiger partial charge in [-0.25, -0.2) is 0 Å². The van der Waals surface area contributed by atoms with Crippen molar-refractivity contribution in [1.29, 1.82) is 0 Å². The van der Waals surface area contributed by atoms with Crippen LogP contribution in [0.25, 0.3) is 0 Å². The lowest BCUT2D eigenvalue weighted by Crippen LogP contribution is -2.17. The minimum absolute atomic E-state index is 0.444. The van der Waals surface area contributed by atoms with E-state index in [0.717, 1.165) is 24.5 Å². The van der Waals surface area contributed by atoms with Crippen molar-refractivity contribution in [3.8, 4) is 5.75 Å². The summed E-state index contributed by atoms with van der Waals surface area (Å²) >= 11 is 0. The molecule has 4 heteroatoms. The molecule has 1 saturated heterocycles. The zero-order valence-electron chi connectivity index (χ0n) is 10.2. The lowest BCUT2D eigenvalue weighted by atomic mass is 10.3. The van der Waals surface area contributed by atoms with E-state index < -0.39 is 0 Å². The Bertz CT molecular complexity index is 490. The van der Waals surface area contributed by atoms with Crippen LogP contribution in [-0.2, 0) is 6.61 Å². The summed E-state index contributed by atoms with van der Waals surface area (Å²) < 4.78 is 10.5. The van der Waals surface area contributed by atoms with Gasteiger partial charge in [-0.3, -0.25) is 0 Å². The molecular formula is C14H16N2O2. The van der Waals surface area contributed by atoms with E-state index in [9.17, 15) is 0 Å². The van der Waals surface area contributed by atoms with Gasteiger partial charge in [-0.1, -0.05) is 11.2 Å². The smallest absolute Gasteiger partial charge is 0.134 e. The van der Waals surface area contributed by atoms with Gasteiger partial charge in [0.1, 0.15) is 24.3 Å². The first-order chi connectivity index (χ1) is 8.92. The van der Waals surface area contributed by atoms with Crippen molar-refractivity contribution in [2.24, 2.45) is 0 Å².